The molecular weight excluding hydrogens is 578 g/mol. The minimum Gasteiger partial charge on any atom is -0.469 e. The highest BCUT2D eigenvalue weighted by molar-refractivity contribution is 7.99. The monoisotopic (exact) mass is 615 g/mol. The molecule has 1 aromatic heterocycles. The summed E-state index contributed by atoms with van der Waals surface area (Å²) in [5.41, 5.74) is 4.51. The van der Waals surface area contributed by atoms with Crippen molar-refractivity contribution in [2.24, 2.45) is 5.41 Å². The number of pyridine rings is 1. The van der Waals surface area contributed by atoms with Crippen LogP contribution in [-0.2, 0) is 21.6 Å². The number of halogens is 1. The van der Waals surface area contributed by atoms with Gasteiger partial charge in [0.15, 0.2) is 0 Å². The van der Waals surface area contributed by atoms with Crippen molar-refractivity contribution in [3.8, 4) is 0 Å². The Balaban J connectivity index is 1.37. The molecule has 0 bridgehead atoms. The second kappa shape index (κ2) is 13.6. The van der Waals surface area contributed by atoms with E-state index in [0.29, 0.717) is 11.4 Å². The van der Waals surface area contributed by atoms with E-state index < -0.39 is 5.60 Å². The summed E-state index contributed by atoms with van der Waals surface area (Å²) >= 11 is 8.07. The Labute approximate surface area is 263 Å². The Hall–Kier alpha value is -3.16. The van der Waals surface area contributed by atoms with Gasteiger partial charge in [-0.3, -0.25) is 4.79 Å². The lowest BCUT2D eigenvalue weighted by molar-refractivity contribution is -0.141. The molecule has 0 radical (unpaired) electrons. The molecule has 43 heavy (non-hydrogen) atoms. The number of methoxy groups -OCH3 is 1. The molecule has 1 fully saturated rings. The third-order valence-electron chi connectivity index (χ3n) is 8.28. The molecule has 224 valence electrons. The normalized spacial score (nSPS) is 16.2. The van der Waals surface area contributed by atoms with Crippen molar-refractivity contribution in [3.63, 3.8) is 0 Å². The maximum atomic E-state index is 12.1. The number of aryl methyl sites for hydroxylation is 1. The number of fused-ring (bicyclic) bond motifs is 1. The van der Waals surface area contributed by atoms with Crippen molar-refractivity contribution >= 4 is 52.4 Å². The number of esters is 1. The number of aliphatic hydroxyl groups is 2. The van der Waals surface area contributed by atoms with Gasteiger partial charge in [-0.1, -0.05) is 78.3 Å². The zero-order chi connectivity index (χ0) is 30.5. The quantitative estimate of drug-likeness (QED) is 0.148. The molecule has 1 aliphatic rings. The molecule has 2 atom stereocenters. The summed E-state index contributed by atoms with van der Waals surface area (Å²) in [6, 6.07) is 26.1. The van der Waals surface area contributed by atoms with E-state index in [9.17, 15) is 15.0 Å². The molecule has 1 aliphatic carbocycles. The topological polar surface area (TPSA) is 79.7 Å². The van der Waals surface area contributed by atoms with Gasteiger partial charge in [0.05, 0.1) is 31.3 Å². The highest BCUT2D eigenvalue weighted by atomic mass is 35.5. The average Bonchev–Trinajstić information content (AvgIpc) is 3.79. The van der Waals surface area contributed by atoms with E-state index in [4.69, 9.17) is 21.3 Å². The zero-order valence-electron chi connectivity index (χ0n) is 24.6. The Bertz CT molecular complexity index is 1610. The number of hydrogen-bond donors (Lipinski definition) is 2. The fraction of sp³-hybridized carbons (Fsp3) is 0.333. The van der Waals surface area contributed by atoms with Gasteiger partial charge in [-0.2, -0.15) is 11.8 Å². The van der Waals surface area contributed by atoms with E-state index in [1.54, 1.807) is 6.92 Å². The maximum Gasteiger partial charge on any atom is 0.306 e. The predicted molar refractivity (Wildman–Crippen MR) is 177 cm³/mol. The lowest BCUT2D eigenvalue weighted by atomic mass is 9.89. The second-order valence-corrected chi connectivity index (χ2v) is 13.4. The van der Waals surface area contributed by atoms with Crippen molar-refractivity contribution in [2.75, 3.05) is 19.5 Å². The fourth-order valence-corrected chi connectivity index (χ4v) is 7.17. The van der Waals surface area contributed by atoms with E-state index in [0.717, 1.165) is 64.7 Å². The van der Waals surface area contributed by atoms with E-state index in [1.165, 1.54) is 12.7 Å². The molecule has 5 nitrogen and oxygen atoms in total. The first-order valence-corrected chi connectivity index (χ1v) is 16.1. The van der Waals surface area contributed by atoms with Gasteiger partial charge in [0.25, 0.3) is 0 Å². The van der Waals surface area contributed by atoms with Gasteiger partial charge in [0.2, 0.25) is 0 Å². The molecule has 2 N–H and O–H groups in total. The summed E-state index contributed by atoms with van der Waals surface area (Å²) in [6.45, 7) is 1.31. The van der Waals surface area contributed by atoms with Crippen molar-refractivity contribution in [1.82, 2.24) is 4.98 Å². The fourth-order valence-electron chi connectivity index (χ4n) is 5.43. The zero-order valence-corrected chi connectivity index (χ0v) is 26.2. The molecule has 0 amide bonds. The van der Waals surface area contributed by atoms with Crippen LogP contribution < -0.4 is 0 Å². The molecule has 0 aliphatic heterocycles. The van der Waals surface area contributed by atoms with Crippen LogP contribution in [0.2, 0.25) is 5.02 Å². The van der Waals surface area contributed by atoms with Gasteiger partial charge in [0.1, 0.15) is 5.60 Å². The van der Waals surface area contributed by atoms with E-state index in [2.05, 4.69) is 36.4 Å². The molecule has 3 aromatic carbocycles. The predicted octanol–water partition coefficient (Wildman–Crippen LogP) is 8.01. The molecular formula is C36H38ClNO4S. The van der Waals surface area contributed by atoms with Gasteiger partial charge >= 0.3 is 5.97 Å². The molecule has 4 aromatic rings. The number of carbonyl (C=O) groups excluding carboxylic acids is 1. The van der Waals surface area contributed by atoms with E-state index >= 15 is 0 Å². The van der Waals surface area contributed by atoms with Gasteiger partial charge in [-0.25, -0.2) is 4.98 Å². The van der Waals surface area contributed by atoms with Crippen molar-refractivity contribution in [1.29, 1.82) is 0 Å². The number of ether oxygens (including phenoxy) is 1. The third-order valence-corrected chi connectivity index (χ3v) is 10.2. The summed E-state index contributed by atoms with van der Waals surface area (Å²) < 4.78 is 4.98. The Kier molecular flexibility index (Phi) is 9.92. The lowest BCUT2D eigenvalue weighted by Crippen LogP contribution is -2.27. The summed E-state index contributed by atoms with van der Waals surface area (Å²) in [5.74, 6) is 0.735. The van der Waals surface area contributed by atoms with E-state index in [-0.39, 0.29) is 23.2 Å². The number of carbonyl (C=O) groups is 1. The van der Waals surface area contributed by atoms with Crippen molar-refractivity contribution < 1.29 is 19.7 Å². The molecule has 5 rings (SSSR count). The smallest absolute Gasteiger partial charge is 0.306 e. The van der Waals surface area contributed by atoms with Crippen LogP contribution in [0, 0.1) is 5.41 Å². The summed E-state index contributed by atoms with van der Waals surface area (Å²) in [7, 11) is 1.45. The Morgan fingerprint density at radius 3 is 2.65 bits per heavy atom. The van der Waals surface area contributed by atoms with Gasteiger partial charge in [-0.15, -0.1) is 0 Å². The number of aromatic nitrogens is 1. The lowest BCUT2D eigenvalue weighted by Gasteiger charge is -2.26. The van der Waals surface area contributed by atoms with Crippen LogP contribution in [0.4, 0.5) is 0 Å². The third kappa shape index (κ3) is 8.07. The highest BCUT2D eigenvalue weighted by Crippen LogP contribution is 2.53. The van der Waals surface area contributed by atoms with Gasteiger partial charge < -0.3 is 14.9 Å². The first kappa shape index (κ1) is 31.3. The molecule has 1 saturated carbocycles. The Morgan fingerprint density at radius 1 is 1.09 bits per heavy atom. The molecule has 0 unspecified atom stereocenters. The van der Waals surface area contributed by atoms with Gasteiger partial charge in [-0.05, 0) is 84.6 Å². The molecule has 0 saturated heterocycles. The van der Waals surface area contributed by atoms with Crippen LogP contribution in [0.25, 0.3) is 23.1 Å². The highest BCUT2D eigenvalue weighted by Gasteiger charge is 2.45. The van der Waals surface area contributed by atoms with E-state index in [1.807, 2.05) is 66.4 Å². The standard InChI is InChI=1S/C36H38ClNO4S/c1-35(41,23-39)31-9-4-3-7-26(31)13-17-33(43-24-36(18-19-36)22-34(40)42-2)28-8-5-6-25(20-28)10-15-30-16-12-27-11-14-29(37)21-32(27)38-30/h3-12,14-16,20-21,33,39,41H,13,17-19,22-24H2,1-2H3/b15-10+/t33-,35-/m1/s1. The summed E-state index contributed by atoms with van der Waals surface area (Å²) in [4.78, 5) is 16.8. The number of hydrogen-bond acceptors (Lipinski definition) is 6. The van der Waals surface area contributed by atoms with Crippen LogP contribution >= 0.6 is 23.4 Å². The van der Waals surface area contributed by atoms with Crippen LogP contribution in [0.5, 0.6) is 0 Å². The SMILES string of the molecule is COC(=O)CC1(CS[C@H](CCc2ccccc2[C@](C)(O)CO)c2cccc(/C=C/c3ccc4ccc(Cl)cc4n3)c2)CC1. The van der Waals surface area contributed by atoms with Crippen molar-refractivity contribution in [2.45, 2.75) is 49.9 Å². The summed E-state index contributed by atoms with van der Waals surface area (Å²) in [6.07, 6.45) is 8.22. The van der Waals surface area contributed by atoms with Crippen LogP contribution in [0.1, 0.15) is 65.8 Å². The molecule has 1 heterocycles. The minimum absolute atomic E-state index is 0.0106. The van der Waals surface area contributed by atoms with Crippen LogP contribution in [0.3, 0.4) is 0 Å². The average molecular weight is 616 g/mol. The first-order chi connectivity index (χ1) is 20.7. The summed E-state index contributed by atoms with van der Waals surface area (Å²) in [5, 5.41) is 22.5. The second-order valence-electron chi connectivity index (χ2n) is 11.8. The van der Waals surface area contributed by atoms with Crippen LogP contribution in [0.15, 0.2) is 78.9 Å². The van der Waals surface area contributed by atoms with Gasteiger partial charge in [0, 0.05) is 21.4 Å². The number of nitrogens with zero attached hydrogens (tertiary/aromatic N) is 1. The Morgan fingerprint density at radius 2 is 1.88 bits per heavy atom. The number of aliphatic hydroxyl groups excluding tert-OH is 1. The largest absolute Gasteiger partial charge is 0.469 e. The number of rotatable bonds is 13. The van der Waals surface area contributed by atoms with Crippen molar-refractivity contribution in [3.05, 3.63) is 112 Å². The first-order valence-electron chi connectivity index (χ1n) is 14.6. The number of benzene rings is 3. The van der Waals surface area contributed by atoms with Crippen LogP contribution in [-0.4, -0.2) is 40.6 Å². The minimum atomic E-state index is -1.30. The molecule has 7 heteroatoms. The maximum absolute atomic E-state index is 12.1. The molecule has 0 spiro atoms. The number of thioether (sulfide) groups is 1.